The predicted octanol–water partition coefficient (Wildman–Crippen LogP) is 2.12. The zero-order valence-electron chi connectivity index (χ0n) is 11.1. The van der Waals surface area contributed by atoms with Crippen molar-refractivity contribution < 1.29 is 9.63 Å². The molecule has 1 aliphatic rings. The Kier molecular flexibility index (Phi) is 3.57. The van der Waals surface area contributed by atoms with Crippen LogP contribution in [0.15, 0.2) is 24.3 Å². The monoisotopic (exact) mass is 248 g/mol. The van der Waals surface area contributed by atoms with Gasteiger partial charge in [0.1, 0.15) is 0 Å². The molecule has 0 saturated heterocycles. The molecule has 1 amide bonds. The van der Waals surface area contributed by atoms with E-state index in [2.05, 4.69) is 10.8 Å². The van der Waals surface area contributed by atoms with Gasteiger partial charge in [-0.2, -0.15) is 0 Å². The highest BCUT2D eigenvalue weighted by Crippen LogP contribution is 2.24. The fourth-order valence-corrected chi connectivity index (χ4v) is 1.91. The van der Waals surface area contributed by atoms with Gasteiger partial charge in [0.15, 0.2) is 0 Å². The first-order valence-corrected chi connectivity index (χ1v) is 6.25. The molecule has 1 unspecified atom stereocenters. The van der Waals surface area contributed by atoms with Crippen LogP contribution >= 0.6 is 0 Å². The molecule has 0 aromatic heterocycles. The van der Waals surface area contributed by atoms with Crippen molar-refractivity contribution >= 4 is 11.6 Å². The number of para-hydroxylation sites is 1. The van der Waals surface area contributed by atoms with Gasteiger partial charge in [-0.15, -0.1) is 0 Å². The van der Waals surface area contributed by atoms with Crippen LogP contribution < -0.4 is 10.8 Å². The number of benzene rings is 1. The molecule has 0 saturated carbocycles. The second kappa shape index (κ2) is 4.98. The summed E-state index contributed by atoms with van der Waals surface area (Å²) in [4.78, 5) is 17.3. The van der Waals surface area contributed by atoms with Gasteiger partial charge in [0.05, 0.1) is 11.5 Å². The molecule has 1 atom stereocenters. The Hall–Kier alpha value is -1.55. The van der Waals surface area contributed by atoms with Gasteiger partial charge in [-0.05, 0) is 38.8 Å². The number of anilines is 1. The lowest BCUT2D eigenvalue weighted by molar-refractivity contribution is -0.149. The van der Waals surface area contributed by atoms with Crippen LogP contribution in [0, 0.1) is 5.92 Å². The summed E-state index contributed by atoms with van der Waals surface area (Å²) in [5.41, 5.74) is 4.48. The second-order valence-electron chi connectivity index (χ2n) is 5.62. The first-order chi connectivity index (χ1) is 8.46. The number of carbonyl (C=O) groups excluding carboxylic acids is 1. The lowest BCUT2D eigenvalue weighted by Crippen LogP contribution is -2.41. The van der Waals surface area contributed by atoms with Crippen molar-refractivity contribution in [3.63, 3.8) is 0 Å². The number of rotatable bonds is 2. The lowest BCUT2D eigenvalue weighted by atomic mass is 9.93. The van der Waals surface area contributed by atoms with Gasteiger partial charge in [0, 0.05) is 12.2 Å². The van der Waals surface area contributed by atoms with Gasteiger partial charge in [-0.25, -0.2) is 5.48 Å². The van der Waals surface area contributed by atoms with Crippen LogP contribution in [0.3, 0.4) is 0 Å². The third-order valence-electron chi connectivity index (χ3n) is 2.85. The number of hydrogen-bond donors (Lipinski definition) is 2. The predicted molar refractivity (Wildman–Crippen MR) is 71.1 cm³/mol. The van der Waals surface area contributed by atoms with Crippen LogP contribution in [0.5, 0.6) is 0 Å². The summed E-state index contributed by atoms with van der Waals surface area (Å²) in [7, 11) is 0. The van der Waals surface area contributed by atoms with Crippen LogP contribution in [-0.2, 0) is 16.1 Å². The van der Waals surface area contributed by atoms with E-state index in [1.54, 1.807) is 0 Å². The fraction of sp³-hybridized carbons (Fsp3) is 0.500. The first kappa shape index (κ1) is 12.9. The van der Waals surface area contributed by atoms with E-state index in [9.17, 15) is 4.79 Å². The van der Waals surface area contributed by atoms with Crippen molar-refractivity contribution in [2.24, 2.45) is 5.92 Å². The Labute approximate surface area is 108 Å². The molecule has 2 N–H and O–H groups in total. The van der Waals surface area contributed by atoms with Crippen LogP contribution in [-0.4, -0.2) is 18.1 Å². The minimum atomic E-state index is -0.365. The maximum atomic E-state index is 12.0. The van der Waals surface area contributed by atoms with E-state index in [1.807, 2.05) is 45.0 Å². The fourth-order valence-electron chi connectivity index (χ4n) is 1.91. The SMILES string of the molecule is CC(C)(C)ONC(=O)C1CNc2ccccc2C1. The molecule has 0 fully saturated rings. The van der Waals surface area contributed by atoms with E-state index < -0.39 is 0 Å². The smallest absolute Gasteiger partial charge is 0.248 e. The van der Waals surface area contributed by atoms with E-state index in [4.69, 9.17) is 4.84 Å². The van der Waals surface area contributed by atoms with E-state index in [1.165, 1.54) is 5.56 Å². The molecule has 2 rings (SSSR count). The average Bonchev–Trinajstić information content (AvgIpc) is 2.34. The maximum absolute atomic E-state index is 12.0. The van der Waals surface area contributed by atoms with Crippen LogP contribution in [0.1, 0.15) is 26.3 Å². The maximum Gasteiger partial charge on any atom is 0.248 e. The van der Waals surface area contributed by atoms with Crippen molar-refractivity contribution in [2.45, 2.75) is 32.8 Å². The minimum absolute atomic E-state index is 0.0630. The standard InChI is InChI=1S/C14H20N2O2/c1-14(2,3)18-16-13(17)11-8-10-6-4-5-7-12(10)15-9-11/h4-7,11,15H,8-9H2,1-3H3,(H,16,17). The van der Waals surface area contributed by atoms with Crippen LogP contribution in [0.2, 0.25) is 0 Å². The van der Waals surface area contributed by atoms with Crippen molar-refractivity contribution in [3.8, 4) is 0 Å². The van der Waals surface area contributed by atoms with E-state index in [0.717, 1.165) is 12.1 Å². The summed E-state index contributed by atoms with van der Waals surface area (Å²) in [6, 6.07) is 8.07. The van der Waals surface area contributed by atoms with Gasteiger partial charge in [-0.3, -0.25) is 9.63 Å². The molecule has 18 heavy (non-hydrogen) atoms. The molecule has 4 heteroatoms. The highest BCUT2D eigenvalue weighted by atomic mass is 16.7. The summed E-state index contributed by atoms with van der Waals surface area (Å²) < 4.78 is 0. The Morgan fingerprint density at radius 1 is 1.39 bits per heavy atom. The molecule has 0 spiro atoms. The molecule has 1 aromatic rings. The van der Waals surface area contributed by atoms with Gasteiger partial charge in [-0.1, -0.05) is 18.2 Å². The van der Waals surface area contributed by atoms with Crippen LogP contribution in [0.25, 0.3) is 0 Å². The molecule has 0 radical (unpaired) electrons. The zero-order chi connectivity index (χ0) is 13.2. The van der Waals surface area contributed by atoms with Gasteiger partial charge < -0.3 is 5.32 Å². The zero-order valence-corrected chi connectivity index (χ0v) is 11.1. The van der Waals surface area contributed by atoms with Gasteiger partial charge >= 0.3 is 0 Å². The van der Waals surface area contributed by atoms with E-state index in [-0.39, 0.29) is 17.4 Å². The Morgan fingerprint density at radius 2 is 2.11 bits per heavy atom. The van der Waals surface area contributed by atoms with Gasteiger partial charge in [0.2, 0.25) is 5.91 Å². The van der Waals surface area contributed by atoms with Crippen molar-refractivity contribution in [2.75, 3.05) is 11.9 Å². The summed E-state index contributed by atoms with van der Waals surface area (Å²) >= 11 is 0. The summed E-state index contributed by atoms with van der Waals surface area (Å²) in [6.07, 6.45) is 0.752. The highest BCUT2D eigenvalue weighted by molar-refractivity contribution is 5.79. The topological polar surface area (TPSA) is 50.4 Å². The molecular weight excluding hydrogens is 228 g/mol. The highest BCUT2D eigenvalue weighted by Gasteiger charge is 2.25. The quantitative estimate of drug-likeness (QED) is 0.788. The molecular formula is C14H20N2O2. The average molecular weight is 248 g/mol. The van der Waals surface area contributed by atoms with Crippen molar-refractivity contribution in [1.82, 2.24) is 5.48 Å². The number of hydrogen-bond acceptors (Lipinski definition) is 3. The molecule has 1 aliphatic heterocycles. The minimum Gasteiger partial charge on any atom is -0.384 e. The van der Waals surface area contributed by atoms with Crippen molar-refractivity contribution in [1.29, 1.82) is 0 Å². The summed E-state index contributed by atoms with van der Waals surface area (Å²) in [5.74, 6) is -0.144. The Balaban J connectivity index is 1.95. The lowest BCUT2D eigenvalue weighted by Gasteiger charge is -2.27. The van der Waals surface area contributed by atoms with Gasteiger partial charge in [0.25, 0.3) is 0 Å². The van der Waals surface area contributed by atoms with E-state index >= 15 is 0 Å². The number of fused-ring (bicyclic) bond motifs is 1. The summed E-state index contributed by atoms with van der Waals surface area (Å²) in [6.45, 7) is 6.36. The molecule has 1 aromatic carbocycles. The Morgan fingerprint density at radius 3 is 2.83 bits per heavy atom. The molecule has 4 nitrogen and oxygen atoms in total. The Bertz CT molecular complexity index is 438. The molecule has 0 bridgehead atoms. The molecule has 0 aliphatic carbocycles. The van der Waals surface area contributed by atoms with Crippen molar-refractivity contribution in [3.05, 3.63) is 29.8 Å². The summed E-state index contributed by atoms with van der Waals surface area (Å²) in [5, 5.41) is 3.27. The number of amides is 1. The van der Waals surface area contributed by atoms with E-state index in [0.29, 0.717) is 6.54 Å². The van der Waals surface area contributed by atoms with Crippen LogP contribution in [0.4, 0.5) is 5.69 Å². The third kappa shape index (κ3) is 3.23. The number of hydroxylamine groups is 1. The molecule has 98 valence electrons. The normalized spacial score (nSPS) is 18.7. The molecule has 1 heterocycles. The third-order valence-corrected chi connectivity index (χ3v) is 2.85. The second-order valence-corrected chi connectivity index (χ2v) is 5.62. The first-order valence-electron chi connectivity index (χ1n) is 6.25. The number of nitrogens with one attached hydrogen (secondary N) is 2. The number of carbonyl (C=O) groups is 1. The largest absolute Gasteiger partial charge is 0.384 e.